The Kier molecular flexibility index (Phi) is 5.51. The number of carbonyl (C=O) groups is 1. The molecule has 0 saturated carbocycles. The first-order valence-corrected chi connectivity index (χ1v) is 7.36. The summed E-state index contributed by atoms with van der Waals surface area (Å²) in [6, 6.07) is 5.59. The minimum Gasteiger partial charge on any atom is -0.496 e. The number of nitrogen functional groups attached to an aromatic ring is 1. The van der Waals surface area contributed by atoms with Crippen molar-refractivity contribution in [2.45, 2.75) is 20.0 Å². The molecule has 2 aromatic rings. The molecule has 0 unspecified atom stereocenters. The maximum absolute atomic E-state index is 12.0. The zero-order valence-corrected chi connectivity index (χ0v) is 14.2. The molecule has 1 aromatic carbocycles. The van der Waals surface area contributed by atoms with Crippen molar-refractivity contribution in [2.24, 2.45) is 0 Å². The molecule has 0 saturated heterocycles. The summed E-state index contributed by atoms with van der Waals surface area (Å²) in [6.07, 6.45) is 0.137. The van der Waals surface area contributed by atoms with Crippen LogP contribution in [0.3, 0.4) is 0 Å². The minimum absolute atomic E-state index is 0.0601. The number of hydrogen-bond donors (Lipinski definition) is 1. The number of benzene rings is 1. The number of nitrogens with zero attached hydrogens (tertiary/aromatic N) is 4. The van der Waals surface area contributed by atoms with Crippen molar-refractivity contribution in [3.63, 3.8) is 0 Å². The normalized spacial score (nSPS) is 10.3. The van der Waals surface area contributed by atoms with Crippen LogP contribution >= 0.6 is 0 Å². The van der Waals surface area contributed by atoms with Gasteiger partial charge in [-0.1, -0.05) is 12.1 Å². The largest absolute Gasteiger partial charge is 0.496 e. The molecule has 1 aromatic heterocycles. The molecule has 0 bridgehead atoms. The minimum atomic E-state index is -0.383. The topological polar surface area (TPSA) is 103 Å². The van der Waals surface area contributed by atoms with E-state index in [1.54, 1.807) is 26.1 Å². The van der Waals surface area contributed by atoms with Crippen molar-refractivity contribution >= 4 is 17.9 Å². The highest BCUT2D eigenvalue weighted by atomic mass is 16.5. The lowest BCUT2D eigenvalue weighted by atomic mass is 10.1. The SMILES string of the molecule is COc1cc(CC(=O)OCc2nc(N)nc(N(C)C)n2)ccc1C. The molecule has 8 nitrogen and oxygen atoms in total. The van der Waals surface area contributed by atoms with E-state index in [1.807, 2.05) is 25.1 Å². The third-order valence-corrected chi connectivity index (χ3v) is 3.27. The number of hydrogen-bond acceptors (Lipinski definition) is 8. The summed E-state index contributed by atoms with van der Waals surface area (Å²) in [4.78, 5) is 25.8. The maximum atomic E-state index is 12.0. The monoisotopic (exact) mass is 331 g/mol. The van der Waals surface area contributed by atoms with Gasteiger partial charge in [0.1, 0.15) is 5.75 Å². The first kappa shape index (κ1) is 17.5. The number of rotatable bonds is 6. The summed E-state index contributed by atoms with van der Waals surface area (Å²) in [6.45, 7) is 1.88. The second-order valence-electron chi connectivity index (χ2n) is 5.45. The molecular weight excluding hydrogens is 310 g/mol. The van der Waals surface area contributed by atoms with Crippen LogP contribution in [0.1, 0.15) is 17.0 Å². The Labute approximate surface area is 140 Å². The molecule has 0 fully saturated rings. The van der Waals surface area contributed by atoms with E-state index in [0.717, 1.165) is 16.9 Å². The van der Waals surface area contributed by atoms with Crippen molar-refractivity contribution in [1.29, 1.82) is 0 Å². The Hall–Kier alpha value is -2.90. The van der Waals surface area contributed by atoms with Crippen LogP contribution in [0.5, 0.6) is 5.75 Å². The number of carbonyl (C=O) groups excluding carboxylic acids is 1. The highest BCUT2D eigenvalue weighted by Crippen LogP contribution is 2.19. The first-order chi connectivity index (χ1) is 11.4. The van der Waals surface area contributed by atoms with E-state index in [9.17, 15) is 4.79 Å². The third kappa shape index (κ3) is 4.55. The zero-order valence-electron chi connectivity index (χ0n) is 14.2. The molecule has 0 aliphatic carbocycles. The quantitative estimate of drug-likeness (QED) is 0.786. The summed E-state index contributed by atoms with van der Waals surface area (Å²) in [7, 11) is 5.17. The van der Waals surface area contributed by atoms with Crippen LogP contribution < -0.4 is 15.4 Å². The van der Waals surface area contributed by atoms with E-state index in [0.29, 0.717) is 11.8 Å². The van der Waals surface area contributed by atoms with Crippen LogP contribution in [0.2, 0.25) is 0 Å². The molecule has 2 rings (SSSR count). The van der Waals surface area contributed by atoms with Gasteiger partial charge in [-0.05, 0) is 24.1 Å². The van der Waals surface area contributed by atoms with Gasteiger partial charge in [0.05, 0.1) is 13.5 Å². The molecule has 8 heteroatoms. The fourth-order valence-electron chi connectivity index (χ4n) is 2.03. The Morgan fingerprint density at radius 1 is 1.25 bits per heavy atom. The van der Waals surface area contributed by atoms with Gasteiger partial charge in [-0.15, -0.1) is 0 Å². The average Bonchev–Trinajstić information content (AvgIpc) is 2.54. The lowest BCUT2D eigenvalue weighted by Crippen LogP contribution is -2.17. The van der Waals surface area contributed by atoms with Gasteiger partial charge in [-0.25, -0.2) is 0 Å². The van der Waals surface area contributed by atoms with Crippen LogP contribution in [-0.4, -0.2) is 42.1 Å². The van der Waals surface area contributed by atoms with E-state index < -0.39 is 0 Å². The van der Waals surface area contributed by atoms with Crippen LogP contribution in [0.15, 0.2) is 18.2 Å². The molecule has 0 aliphatic rings. The number of ether oxygens (including phenoxy) is 2. The summed E-state index contributed by atoms with van der Waals surface area (Å²) in [5.74, 6) is 1.16. The first-order valence-electron chi connectivity index (χ1n) is 7.36. The van der Waals surface area contributed by atoms with E-state index in [2.05, 4.69) is 15.0 Å². The highest BCUT2D eigenvalue weighted by Gasteiger charge is 2.11. The lowest BCUT2D eigenvalue weighted by Gasteiger charge is -2.11. The Balaban J connectivity index is 1.98. The van der Waals surface area contributed by atoms with Gasteiger partial charge >= 0.3 is 5.97 Å². The van der Waals surface area contributed by atoms with Crippen LogP contribution in [0, 0.1) is 6.92 Å². The number of anilines is 2. The van der Waals surface area contributed by atoms with E-state index in [1.165, 1.54) is 0 Å². The average molecular weight is 331 g/mol. The second-order valence-corrected chi connectivity index (χ2v) is 5.45. The smallest absolute Gasteiger partial charge is 0.310 e. The van der Waals surface area contributed by atoms with Gasteiger partial charge in [0.25, 0.3) is 0 Å². The molecule has 0 amide bonds. The fourth-order valence-corrected chi connectivity index (χ4v) is 2.03. The number of esters is 1. The third-order valence-electron chi connectivity index (χ3n) is 3.27. The highest BCUT2D eigenvalue weighted by molar-refractivity contribution is 5.72. The van der Waals surface area contributed by atoms with Crippen LogP contribution in [-0.2, 0) is 22.6 Å². The van der Waals surface area contributed by atoms with Gasteiger partial charge in [-0.2, -0.15) is 15.0 Å². The Morgan fingerprint density at radius 3 is 2.67 bits per heavy atom. The predicted molar refractivity (Wildman–Crippen MR) is 89.8 cm³/mol. The van der Waals surface area contributed by atoms with Gasteiger partial charge < -0.3 is 20.1 Å². The fraction of sp³-hybridized carbons (Fsp3) is 0.375. The molecule has 24 heavy (non-hydrogen) atoms. The van der Waals surface area contributed by atoms with Gasteiger partial charge in [0.2, 0.25) is 11.9 Å². The molecule has 0 spiro atoms. The molecule has 0 radical (unpaired) electrons. The van der Waals surface area contributed by atoms with Crippen LogP contribution in [0.4, 0.5) is 11.9 Å². The number of aryl methyl sites for hydroxylation is 1. The van der Waals surface area contributed by atoms with E-state index >= 15 is 0 Å². The van der Waals surface area contributed by atoms with Crippen molar-refractivity contribution in [2.75, 3.05) is 31.8 Å². The Morgan fingerprint density at radius 2 is 2.00 bits per heavy atom. The summed E-state index contributed by atoms with van der Waals surface area (Å²) >= 11 is 0. The predicted octanol–water partition coefficient (Wildman–Crippen LogP) is 1.12. The van der Waals surface area contributed by atoms with Gasteiger partial charge in [0, 0.05) is 14.1 Å². The number of nitrogens with two attached hydrogens (primary N) is 1. The maximum Gasteiger partial charge on any atom is 0.310 e. The molecule has 2 N–H and O–H groups in total. The molecule has 0 aliphatic heterocycles. The van der Waals surface area contributed by atoms with E-state index in [4.69, 9.17) is 15.2 Å². The molecule has 128 valence electrons. The Bertz CT molecular complexity index is 734. The van der Waals surface area contributed by atoms with Crippen LogP contribution in [0.25, 0.3) is 0 Å². The second kappa shape index (κ2) is 7.58. The van der Waals surface area contributed by atoms with Crippen molar-refractivity contribution in [3.8, 4) is 5.75 Å². The summed E-state index contributed by atoms with van der Waals surface area (Å²) in [5.41, 5.74) is 7.45. The number of aromatic nitrogens is 3. The number of methoxy groups -OCH3 is 1. The summed E-state index contributed by atoms with van der Waals surface area (Å²) < 4.78 is 10.5. The molecule has 0 atom stereocenters. The van der Waals surface area contributed by atoms with Crippen molar-refractivity contribution < 1.29 is 14.3 Å². The van der Waals surface area contributed by atoms with Crippen molar-refractivity contribution in [3.05, 3.63) is 35.2 Å². The zero-order chi connectivity index (χ0) is 17.7. The summed E-state index contributed by atoms with van der Waals surface area (Å²) in [5, 5.41) is 0. The van der Waals surface area contributed by atoms with Gasteiger partial charge in [-0.3, -0.25) is 4.79 Å². The van der Waals surface area contributed by atoms with E-state index in [-0.39, 0.29) is 24.9 Å². The van der Waals surface area contributed by atoms with Gasteiger partial charge in [0.15, 0.2) is 12.4 Å². The molecule has 1 heterocycles. The van der Waals surface area contributed by atoms with Crippen molar-refractivity contribution in [1.82, 2.24) is 15.0 Å². The lowest BCUT2D eigenvalue weighted by molar-refractivity contribution is -0.144. The molecular formula is C16H21N5O3. The standard InChI is InChI=1S/C16H21N5O3/c1-10-5-6-11(7-12(10)23-4)8-14(22)24-9-13-18-15(17)20-16(19-13)21(2)3/h5-7H,8-9H2,1-4H3,(H2,17,18,19,20).